The average Bonchev–Trinajstić information content (AvgIpc) is 2.37. The van der Waals surface area contributed by atoms with Crippen molar-refractivity contribution < 1.29 is 27.6 Å². The zero-order chi connectivity index (χ0) is 15.2. The number of phenols is 1. The maximum absolute atomic E-state index is 12.1. The molecular weight excluding hydrogens is 284 g/mol. The SMILES string of the molecule is C=CCOCCC(C(=O)c1ccccc1O)S(=O)(=O)O. The third kappa shape index (κ3) is 4.44. The summed E-state index contributed by atoms with van der Waals surface area (Å²) in [5.41, 5.74) is -0.154. The maximum atomic E-state index is 12.1. The Kier molecular flexibility index (Phi) is 5.87. The molecule has 0 aliphatic carbocycles. The molecule has 110 valence electrons. The highest BCUT2D eigenvalue weighted by molar-refractivity contribution is 7.87. The van der Waals surface area contributed by atoms with E-state index < -0.39 is 21.2 Å². The van der Waals surface area contributed by atoms with Crippen LogP contribution in [0.25, 0.3) is 0 Å². The predicted molar refractivity (Wildman–Crippen MR) is 73.4 cm³/mol. The molecule has 0 aromatic heterocycles. The van der Waals surface area contributed by atoms with Gasteiger partial charge in [-0.3, -0.25) is 9.35 Å². The van der Waals surface area contributed by atoms with Crippen LogP contribution in [0, 0.1) is 0 Å². The summed E-state index contributed by atoms with van der Waals surface area (Å²) in [7, 11) is -4.58. The molecule has 0 saturated heterocycles. The topological polar surface area (TPSA) is 101 Å². The van der Waals surface area contributed by atoms with E-state index >= 15 is 0 Å². The van der Waals surface area contributed by atoms with Crippen LogP contribution in [-0.2, 0) is 14.9 Å². The van der Waals surface area contributed by atoms with Gasteiger partial charge < -0.3 is 9.84 Å². The van der Waals surface area contributed by atoms with Crippen LogP contribution in [0.1, 0.15) is 16.8 Å². The summed E-state index contributed by atoms with van der Waals surface area (Å²) in [5, 5.41) is 7.90. The van der Waals surface area contributed by atoms with Crippen LogP contribution in [0.5, 0.6) is 5.75 Å². The molecule has 0 amide bonds. The van der Waals surface area contributed by atoms with Gasteiger partial charge in [0.2, 0.25) is 0 Å². The molecule has 0 aliphatic heterocycles. The monoisotopic (exact) mass is 300 g/mol. The molecule has 2 N–H and O–H groups in total. The fourth-order valence-electron chi connectivity index (χ4n) is 1.63. The predicted octanol–water partition coefficient (Wildman–Crippen LogP) is 1.42. The lowest BCUT2D eigenvalue weighted by atomic mass is 10.1. The number of phenolic OH excluding ortho intramolecular Hbond substituents is 1. The van der Waals surface area contributed by atoms with Crippen LogP contribution in [0.4, 0.5) is 0 Å². The molecule has 0 fully saturated rings. The van der Waals surface area contributed by atoms with Crippen LogP contribution in [-0.4, -0.2) is 42.3 Å². The van der Waals surface area contributed by atoms with Crippen molar-refractivity contribution in [3.05, 3.63) is 42.5 Å². The molecule has 1 aromatic carbocycles. The van der Waals surface area contributed by atoms with Crippen molar-refractivity contribution in [2.24, 2.45) is 0 Å². The summed E-state index contributed by atoms with van der Waals surface area (Å²) in [6.45, 7) is 3.61. The first-order valence-electron chi connectivity index (χ1n) is 5.85. The van der Waals surface area contributed by atoms with Crippen molar-refractivity contribution in [2.45, 2.75) is 11.7 Å². The molecule has 0 saturated carbocycles. The summed E-state index contributed by atoms with van der Waals surface area (Å²) in [6.07, 6.45) is 1.27. The van der Waals surface area contributed by atoms with Gasteiger partial charge in [0.25, 0.3) is 10.1 Å². The molecule has 0 aliphatic rings. The molecule has 0 heterocycles. The van der Waals surface area contributed by atoms with Gasteiger partial charge in [-0.2, -0.15) is 8.42 Å². The van der Waals surface area contributed by atoms with E-state index in [0.29, 0.717) is 0 Å². The van der Waals surface area contributed by atoms with Gasteiger partial charge in [-0.05, 0) is 18.6 Å². The van der Waals surface area contributed by atoms with Gasteiger partial charge in [-0.25, -0.2) is 0 Å². The van der Waals surface area contributed by atoms with Crippen molar-refractivity contribution in [2.75, 3.05) is 13.2 Å². The van der Waals surface area contributed by atoms with Crippen LogP contribution < -0.4 is 0 Å². The van der Waals surface area contributed by atoms with Crippen molar-refractivity contribution in [3.8, 4) is 5.75 Å². The Hall–Kier alpha value is -1.70. The Labute approximate surface area is 117 Å². The quantitative estimate of drug-likeness (QED) is 0.326. The molecule has 6 nitrogen and oxygen atoms in total. The second kappa shape index (κ2) is 7.18. The summed E-state index contributed by atoms with van der Waals surface area (Å²) >= 11 is 0. The first-order valence-corrected chi connectivity index (χ1v) is 7.35. The van der Waals surface area contributed by atoms with Crippen molar-refractivity contribution in [1.82, 2.24) is 0 Å². The molecule has 0 spiro atoms. The van der Waals surface area contributed by atoms with Gasteiger partial charge >= 0.3 is 0 Å². The summed E-state index contributed by atoms with van der Waals surface area (Å²) in [5.74, 6) is -1.20. The Morgan fingerprint density at radius 3 is 2.60 bits per heavy atom. The summed E-state index contributed by atoms with van der Waals surface area (Å²) in [6, 6.07) is 5.55. The molecule has 1 aromatic rings. The lowest BCUT2D eigenvalue weighted by Gasteiger charge is -2.13. The Morgan fingerprint density at radius 1 is 1.40 bits per heavy atom. The van der Waals surface area contributed by atoms with E-state index in [-0.39, 0.29) is 30.9 Å². The van der Waals surface area contributed by atoms with E-state index in [2.05, 4.69) is 6.58 Å². The lowest BCUT2D eigenvalue weighted by molar-refractivity contribution is 0.0953. The number of hydrogen-bond acceptors (Lipinski definition) is 5. The maximum Gasteiger partial charge on any atom is 0.275 e. The van der Waals surface area contributed by atoms with E-state index in [0.717, 1.165) is 0 Å². The number of ketones is 1. The van der Waals surface area contributed by atoms with E-state index in [4.69, 9.17) is 9.29 Å². The van der Waals surface area contributed by atoms with Gasteiger partial charge in [0.1, 0.15) is 5.75 Å². The Morgan fingerprint density at radius 2 is 2.05 bits per heavy atom. The molecule has 7 heteroatoms. The number of para-hydroxylation sites is 1. The van der Waals surface area contributed by atoms with Gasteiger partial charge in [0.15, 0.2) is 11.0 Å². The molecule has 1 rings (SSSR count). The molecule has 0 radical (unpaired) electrons. The third-order valence-corrected chi connectivity index (χ3v) is 3.75. The molecule has 0 bridgehead atoms. The zero-order valence-corrected chi connectivity index (χ0v) is 11.5. The van der Waals surface area contributed by atoms with Gasteiger partial charge in [-0.15, -0.1) is 6.58 Å². The van der Waals surface area contributed by atoms with Crippen molar-refractivity contribution in [1.29, 1.82) is 0 Å². The fourth-order valence-corrected chi connectivity index (χ4v) is 2.42. The zero-order valence-electron chi connectivity index (χ0n) is 10.7. The molecular formula is C13H16O6S. The number of ether oxygens (including phenoxy) is 1. The van der Waals surface area contributed by atoms with Crippen molar-refractivity contribution in [3.63, 3.8) is 0 Å². The fraction of sp³-hybridized carbons (Fsp3) is 0.308. The van der Waals surface area contributed by atoms with E-state index in [1.165, 1.54) is 30.3 Å². The third-order valence-electron chi connectivity index (χ3n) is 2.58. The largest absolute Gasteiger partial charge is 0.507 e. The smallest absolute Gasteiger partial charge is 0.275 e. The minimum absolute atomic E-state index is 0.0319. The molecule has 1 unspecified atom stereocenters. The Balaban J connectivity index is 2.92. The average molecular weight is 300 g/mol. The second-order valence-corrected chi connectivity index (χ2v) is 5.64. The summed E-state index contributed by atoms with van der Waals surface area (Å²) < 4.78 is 36.8. The minimum Gasteiger partial charge on any atom is -0.507 e. The van der Waals surface area contributed by atoms with Gasteiger partial charge in [-0.1, -0.05) is 18.2 Å². The normalized spacial score (nSPS) is 12.8. The van der Waals surface area contributed by atoms with E-state index in [1.54, 1.807) is 0 Å². The van der Waals surface area contributed by atoms with Crippen LogP contribution in [0.15, 0.2) is 36.9 Å². The first kappa shape index (κ1) is 16.4. The minimum atomic E-state index is -4.58. The highest BCUT2D eigenvalue weighted by Crippen LogP contribution is 2.21. The van der Waals surface area contributed by atoms with Crippen LogP contribution >= 0.6 is 0 Å². The number of benzene rings is 1. The van der Waals surface area contributed by atoms with Gasteiger partial charge in [0, 0.05) is 6.61 Å². The highest BCUT2D eigenvalue weighted by Gasteiger charge is 2.32. The standard InChI is InChI=1S/C13H16O6S/c1-2-8-19-9-7-12(20(16,17)18)13(15)10-5-3-4-6-11(10)14/h2-6,12,14H,1,7-9H2,(H,16,17,18). The Bertz CT molecular complexity index is 578. The van der Waals surface area contributed by atoms with E-state index in [1.807, 2.05) is 0 Å². The van der Waals surface area contributed by atoms with Crippen molar-refractivity contribution >= 4 is 15.9 Å². The molecule has 1 atom stereocenters. The summed E-state index contributed by atoms with van der Waals surface area (Å²) in [4.78, 5) is 12.1. The van der Waals surface area contributed by atoms with Crippen LogP contribution in [0.3, 0.4) is 0 Å². The molecule has 20 heavy (non-hydrogen) atoms. The highest BCUT2D eigenvalue weighted by atomic mass is 32.2. The number of hydrogen-bond donors (Lipinski definition) is 2. The van der Waals surface area contributed by atoms with E-state index in [9.17, 15) is 18.3 Å². The first-order chi connectivity index (χ1) is 9.38. The lowest BCUT2D eigenvalue weighted by Crippen LogP contribution is -2.31. The van der Waals surface area contributed by atoms with Crippen LogP contribution in [0.2, 0.25) is 0 Å². The van der Waals surface area contributed by atoms with Gasteiger partial charge in [0.05, 0.1) is 12.2 Å². The number of rotatable bonds is 8. The number of Topliss-reactive ketones (excluding diaryl/α,β-unsaturated/α-hetero) is 1. The second-order valence-electron chi connectivity index (χ2n) is 4.04. The number of carbonyl (C=O) groups is 1. The number of carbonyl (C=O) groups excluding carboxylic acids is 1. The number of aromatic hydroxyl groups is 1.